The Kier molecular flexibility index (Phi) is 4.57. The lowest BCUT2D eigenvalue weighted by molar-refractivity contribution is 0.526. The Morgan fingerprint density at radius 1 is 1.28 bits per heavy atom. The third-order valence-electron chi connectivity index (χ3n) is 4.98. The van der Waals surface area contributed by atoms with Gasteiger partial charge in [0.25, 0.3) is 5.56 Å². The Bertz CT molecular complexity index is 1240. The summed E-state index contributed by atoms with van der Waals surface area (Å²) in [5.41, 5.74) is 0.611. The number of nitrogens with one attached hydrogen (secondary N) is 2. The van der Waals surface area contributed by atoms with Crippen molar-refractivity contribution in [3.8, 4) is 0 Å². The summed E-state index contributed by atoms with van der Waals surface area (Å²) >= 11 is 0. The third-order valence-corrected chi connectivity index (χ3v) is 4.98. The molecular formula is C20H17F2N5O2. The summed E-state index contributed by atoms with van der Waals surface area (Å²) in [6, 6.07) is 6.27. The van der Waals surface area contributed by atoms with Gasteiger partial charge in [0.15, 0.2) is 5.82 Å². The van der Waals surface area contributed by atoms with E-state index in [1.807, 2.05) is 0 Å². The van der Waals surface area contributed by atoms with E-state index in [0.717, 1.165) is 22.9 Å². The van der Waals surface area contributed by atoms with Gasteiger partial charge >= 0.3 is 5.69 Å². The van der Waals surface area contributed by atoms with Crippen molar-refractivity contribution in [3.05, 3.63) is 92.8 Å². The molecule has 2 heterocycles. The first-order valence-electron chi connectivity index (χ1n) is 8.91. The van der Waals surface area contributed by atoms with Crippen LogP contribution in [0.5, 0.6) is 0 Å². The van der Waals surface area contributed by atoms with Crippen LogP contribution >= 0.6 is 0 Å². The van der Waals surface area contributed by atoms with E-state index in [1.165, 1.54) is 25.3 Å². The molecule has 0 amide bonds. The molecule has 148 valence electrons. The number of nitrogens with zero attached hydrogens (tertiary/aromatic N) is 3. The number of benzene rings is 1. The van der Waals surface area contributed by atoms with Crippen LogP contribution < -0.4 is 11.2 Å². The van der Waals surface area contributed by atoms with Gasteiger partial charge < -0.3 is 4.98 Å². The van der Waals surface area contributed by atoms with E-state index >= 15 is 0 Å². The molecule has 1 aliphatic rings. The molecule has 0 spiro atoms. The zero-order valence-corrected chi connectivity index (χ0v) is 15.4. The SMILES string of the molecule is C=C(c1ncc(F)n1/N=C(\C)c1c[nH]c(=O)[nH]c1=O)[C@H]1C[C@@H]1c1ccc(F)cc1. The van der Waals surface area contributed by atoms with Crippen molar-refractivity contribution in [2.75, 3.05) is 0 Å². The number of aromatic nitrogens is 4. The molecule has 0 unspecified atom stereocenters. The van der Waals surface area contributed by atoms with Gasteiger partial charge in [-0.2, -0.15) is 14.2 Å². The lowest BCUT2D eigenvalue weighted by Crippen LogP contribution is -2.26. The fourth-order valence-corrected chi connectivity index (χ4v) is 3.35. The summed E-state index contributed by atoms with van der Waals surface area (Å²) in [5, 5.41) is 4.16. The second kappa shape index (κ2) is 7.08. The van der Waals surface area contributed by atoms with Gasteiger partial charge in [0.1, 0.15) is 5.82 Å². The van der Waals surface area contributed by atoms with Crippen LogP contribution in [0.15, 0.2) is 57.9 Å². The first-order valence-corrected chi connectivity index (χ1v) is 8.91. The Hall–Kier alpha value is -3.62. The van der Waals surface area contributed by atoms with Gasteiger partial charge in [-0.1, -0.05) is 18.7 Å². The van der Waals surface area contributed by atoms with Crippen LogP contribution in [0.4, 0.5) is 8.78 Å². The molecule has 2 atom stereocenters. The fourth-order valence-electron chi connectivity index (χ4n) is 3.35. The molecule has 2 N–H and O–H groups in total. The van der Waals surface area contributed by atoms with E-state index in [-0.39, 0.29) is 34.8 Å². The van der Waals surface area contributed by atoms with E-state index in [9.17, 15) is 18.4 Å². The molecule has 9 heteroatoms. The van der Waals surface area contributed by atoms with Crippen molar-refractivity contribution in [3.63, 3.8) is 0 Å². The molecule has 29 heavy (non-hydrogen) atoms. The molecule has 1 saturated carbocycles. The van der Waals surface area contributed by atoms with Crippen molar-refractivity contribution in [1.82, 2.24) is 19.6 Å². The van der Waals surface area contributed by atoms with Crippen LogP contribution in [0.2, 0.25) is 0 Å². The maximum absolute atomic E-state index is 14.3. The van der Waals surface area contributed by atoms with Crippen molar-refractivity contribution in [2.24, 2.45) is 11.0 Å². The molecule has 4 rings (SSSR count). The average Bonchev–Trinajstić information content (AvgIpc) is 3.40. The smallest absolute Gasteiger partial charge is 0.313 e. The summed E-state index contributed by atoms with van der Waals surface area (Å²) in [6.07, 6.45) is 3.04. The number of imidazole rings is 1. The molecule has 0 aliphatic heterocycles. The number of aromatic amines is 2. The molecule has 1 aromatic carbocycles. The first kappa shape index (κ1) is 18.7. The van der Waals surface area contributed by atoms with Crippen LogP contribution in [0.3, 0.4) is 0 Å². The minimum Gasteiger partial charge on any atom is -0.313 e. The summed E-state index contributed by atoms with van der Waals surface area (Å²) in [6.45, 7) is 5.58. The Labute approximate surface area is 163 Å². The average molecular weight is 397 g/mol. The van der Waals surface area contributed by atoms with Crippen LogP contribution in [-0.2, 0) is 0 Å². The van der Waals surface area contributed by atoms with Crippen molar-refractivity contribution < 1.29 is 8.78 Å². The standard InChI is InChI=1S/C20H17F2N5O2/c1-10(14-7-15(14)12-3-5-13(21)6-4-12)18-23-9-17(22)27(18)26-11(2)16-8-24-20(29)25-19(16)28/h3-6,8-9,14-15H,1,7H2,2H3,(H2,24,25,28,29)/b26-11+/t14-,15-/m1/s1. The summed E-state index contributed by atoms with van der Waals surface area (Å²) in [5.74, 6) is -0.571. The van der Waals surface area contributed by atoms with E-state index in [4.69, 9.17) is 0 Å². The largest absolute Gasteiger partial charge is 0.325 e. The molecule has 0 radical (unpaired) electrons. The quantitative estimate of drug-likeness (QED) is 0.648. The zero-order valence-electron chi connectivity index (χ0n) is 15.4. The molecule has 7 nitrogen and oxygen atoms in total. The van der Waals surface area contributed by atoms with Crippen molar-refractivity contribution >= 4 is 11.3 Å². The van der Waals surface area contributed by atoms with Crippen LogP contribution in [-0.4, -0.2) is 25.3 Å². The Morgan fingerprint density at radius 3 is 2.69 bits per heavy atom. The Morgan fingerprint density at radius 2 is 2.00 bits per heavy atom. The maximum atomic E-state index is 14.3. The third kappa shape index (κ3) is 3.58. The van der Waals surface area contributed by atoms with Gasteiger partial charge in [-0.15, -0.1) is 0 Å². The second-order valence-electron chi connectivity index (χ2n) is 6.91. The number of hydrogen-bond donors (Lipinski definition) is 2. The number of allylic oxidation sites excluding steroid dienone is 1. The van der Waals surface area contributed by atoms with Gasteiger partial charge in [0.2, 0.25) is 5.95 Å². The normalized spacial score (nSPS) is 18.7. The molecule has 1 aliphatic carbocycles. The molecule has 0 saturated heterocycles. The molecule has 2 aromatic heterocycles. The number of hydrogen-bond acceptors (Lipinski definition) is 4. The Balaban J connectivity index is 1.62. The number of halogens is 2. The number of rotatable bonds is 5. The highest BCUT2D eigenvalue weighted by molar-refractivity contribution is 5.98. The summed E-state index contributed by atoms with van der Waals surface area (Å²) < 4.78 is 28.4. The first-order chi connectivity index (χ1) is 13.8. The predicted molar refractivity (Wildman–Crippen MR) is 104 cm³/mol. The van der Waals surface area contributed by atoms with Gasteiger partial charge in [-0.05, 0) is 48.4 Å². The van der Waals surface area contributed by atoms with Crippen molar-refractivity contribution in [2.45, 2.75) is 19.3 Å². The maximum Gasteiger partial charge on any atom is 0.325 e. The minimum absolute atomic E-state index is 0.0352. The van der Waals surface area contributed by atoms with Gasteiger partial charge in [0.05, 0.1) is 17.5 Å². The van der Waals surface area contributed by atoms with E-state index in [1.54, 1.807) is 12.1 Å². The van der Waals surface area contributed by atoms with E-state index < -0.39 is 17.2 Å². The molecule has 0 bridgehead atoms. The fraction of sp³-hybridized carbons (Fsp3) is 0.200. The molecule has 1 fully saturated rings. The van der Waals surface area contributed by atoms with Crippen LogP contribution in [0.1, 0.15) is 36.2 Å². The van der Waals surface area contributed by atoms with E-state index in [0.29, 0.717) is 5.57 Å². The highest BCUT2D eigenvalue weighted by Crippen LogP contribution is 2.53. The van der Waals surface area contributed by atoms with Gasteiger partial charge in [-0.3, -0.25) is 9.78 Å². The minimum atomic E-state index is -0.708. The predicted octanol–water partition coefficient (Wildman–Crippen LogP) is 2.63. The van der Waals surface area contributed by atoms with Crippen LogP contribution in [0, 0.1) is 17.7 Å². The van der Waals surface area contributed by atoms with Gasteiger partial charge in [0, 0.05) is 6.20 Å². The topological polar surface area (TPSA) is 95.9 Å². The number of H-pyrrole nitrogens is 2. The second-order valence-corrected chi connectivity index (χ2v) is 6.91. The monoisotopic (exact) mass is 397 g/mol. The highest BCUT2D eigenvalue weighted by atomic mass is 19.1. The van der Waals surface area contributed by atoms with E-state index in [2.05, 4.69) is 26.6 Å². The molecule has 3 aromatic rings. The summed E-state index contributed by atoms with van der Waals surface area (Å²) in [4.78, 5) is 31.6. The van der Waals surface area contributed by atoms with Crippen LogP contribution in [0.25, 0.3) is 5.57 Å². The lowest BCUT2D eigenvalue weighted by atomic mass is 10.1. The highest BCUT2D eigenvalue weighted by Gasteiger charge is 2.42. The lowest BCUT2D eigenvalue weighted by Gasteiger charge is -2.08. The van der Waals surface area contributed by atoms with Gasteiger partial charge in [-0.25, -0.2) is 14.2 Å². The summed E-state index contributed by atoms with van der Waals surface area (Å²) in [7, 11) is 0. The molecular weight excluding hydrogens is 380 g/mol. The van der Waals surface area contributed by atoms with Crippen molar-refractivity contribution in [1.29, 1.82) is 0 Å². The zero-order chi connectivity index (χ0) is 20.7.